The molecule has 1 aliphatic heterocycles. The quantitative estimate of drug-likeness (QED) is 0.451. The highest BCUT2D eigenvalue weighted by Crippen LogP contribution is 2.29. The standard InChI is InChI=1S/C26H28N6/c1-4-10-22(11-5-1)16-17-32-26(27-28-29-32)25(23-12-6-2-7-13-23)31-20-18-30(19-21-31)24-14-8-3-9-15-24/h1-15,25H,16-21H2/t25-/m0/s1. The number of aromatic nitrogens is 4. The minimum Gasteiger partial charge on any atom is -0.369 e. The van der Waals surface area contributed by atoms with Crippen LogP contribution in [0.1, 0.15) is 23.0 Å². The van der Waals surface area contributed by atoms with Gasteiger partial charge in [-0.05, 0) is 40.1 Å². The minimum absolute atomic E-state index is 0.0416. The van der Waals surface area contributed by atoms with Crippen LogP contribution in [0.2, 0.25) is 0 Å². The van der Waals surface area contributed by atoms with Gasteiger partial charge in [0.25, 0.3) is 0 Å². The number of anilines is 1. The highest BCUT2D eigenvalue weighted by atomic mass is 15.6. The van der Waals surface area contributed by atoms with Crippen LogP contribution in [0.25, 0.3) is 0 Å². The van der Waals surface area contributed by atoms with Crippen molar-refractivity contribution in [2.24, 2.45) is 0 Å². The van der Waals surface area contributed by atoms with E-state index in [1.54, 1.807) is 0 Å². The van der Waals surface area contributed by atoms with Gasteiger partial charge in [0.2, 0.25) is 0 Å². The second-order valence-corrected chi connectivity index (χ2v) is 8.17. The fourth-order valence-corrected chi connectivity index (χ4v) is 4.48. The Morgan fingerprint density at radius 2 is 1.34 bits per heavy atom. The number of rotatable bonds is 7. The van der Waals surface area contributed by atoms with Crippen molar-refractivity contribution in [3.05, 3.63) is 108 Å². The predicted molar refractivity (Wildman–Crippen MR) is 126 cm³/mol. The number of para-hydroxylation sites is 1. The van der Waals surface area contributed by atoms with E-state index < -0.39 is 0 Å². The highest BCUT2D eigenvalue weighted by Gasteiger charge is 2.30. The molecule has 0 radical (unpaired) electrons. The molecule has 4 aromatic rings. The molecule has 162 valence electrons. The number of hydrogen-bond acceptors (Lipinski definition) is 5. The molecule has 1 fully saturated rings. The van der Waals surface area contributed by atoms with E-state index in [4.69, 9.17) is 0 Å². The number of nitrogens with zero attached hydrogens (tertiary/aromatic N) is 6. The molecule has 5 rings (SSSR count). The van der Waals surface area contributed by atoms with Crippen molar-refractivity contribution < 1.29 is 0 Å². The van der Waals surface area contributed by atoms with E-state index >= 15 is 0 Å². The molecule has 1 saturated heterocycles. The summed E-state index contributed by atoms with van der Waals surface area (Å²) in [5, 5.41) is 12.9. The maximum absolute atomic E-state index is 4.50. The van der Waals surface area contributed by atoms with Gasteiger partial charge in [0.05, 0.1) is 6.04 Å². The first-order chi connectivity index (χ1) is 15.9. The lowest BCUT2D eigenvalue weighted by atomic mass is 10.0. The summed E-state index contributed by atoms with van der Waals surface area (Å²) in [7, 11) is 0. The Labute approximate surface area is 189 Å². The molecule has 6 nitrogen and oxygen atoms in total. The van der Waals surface area contributed by atoms with Gasteiger partial charge in [-0.15, -0.1) is 5.10 Å². The van der Waals surface area contributed by atoms with Gasteiger partial charge >= 0.3 is 0 Å². The van der Waals surface area contributed by atoms with Crippen molar-refractivity contribution in [1.29, 1.82) is 0 Å². The fraction of sp³-hybridized carbons (Fsp3) is 0.269. The smallest absolute Gasteiger partial charge is 0.173 e. The number of hydrogen-bond donors (Lipinski definition) is 0. The maximum atomic E-state index is 4.50. The number of aryl methyl sites for hydroxylation is 2. The van der Waals surface area contributed by atoms with Gasteiger partial charge in [0, 0.05) is 38.4 Å². The Hall–Kier alpha value is -3.51. The summed E-state index contributed by atoms with van der Waals surface area (Å²) in [5.41, 5.74) is 3.81. The van der Waals surface area contributed by atoms with Gasteiger partial charge in [-0.3, -0.25) is 4.90 Å². The summed E-state index contributed by atoms with van der Waals surface area (Å²) >= 11 is 0. The number of tetrazole rings is 1. The molecule has 1 aromatic heterocycles. The van der Waals surface area contributed by atoms with Gasteiger partial charge in [0.15, 0.2) is 5.82 Å². The van der Waals surface area contributed by atoms with E-state index in [2.05, 4.69) is 110 Å². The van der Waals surface area contributed by atoms with E-state index in [-0.39, 0.29) is 6.04 Å². The molecule has 3 aromatic carbocycles. The van der Waals surface area contributed by atoms with E-state index in [0.717, 1.165) is 45.0 Å². The molecule has 0 unspecified atom stereocenters. The Morgan fingerprint density at radius 1 is 0.719 bits per heavy atom. The van der Waals surface area contributed by atoms with Crippen LogP contribution in [0.3, 0.4) is 0 Å². The van der Waals surface area contributed by atoms with Crippen molar-refractivity contribution in [2.45, 2.75) is 19.0 Å². The van der Waals surface area contributed by atoms with E-state index in [9.17, 15) is 0 Å². The number of benzene rings is 3. The maximum Gasteiger partial charge on any atom is 0.173 e. The largest absolute Gasteiger partial charge is 0.369 e. The second-order valence-electron chi connectivity index (χ2n) is 8.17. The molecule has 0 saturated carbocycles. The molecule has 0 aliphatic carbocycles. The first kappa shape index (κ1) is 20.4. The summed E-state index contributed by atoms with van der Waals surface area (Å²) < 4.78 is 1.98. The van der Waals surface area contributed by atoms with Crippen molar-refractivity contribution >= 4 is 5.69 Å². The molecule has 0 spiro atoms. The molecule has 0 amide bonds. The van der Waals surface area contributed by atoms with Crippen LogP contribution in [0.5, 0.6) is 0 Å². The normalized spacial score (nSPS) is 15.6. The molecule has 1 aliphatic rings. The zero-order chi connectivity index (χ0) is 21.6. The topological polar surface area (TPSA) is 50.1 Å². The SMILES string of the molecule is c1ccc(CCn2nnnc2[C@H](c2ccccc2)N2CCN(c3ccccc3)CC2)cc1. The zero-order valence-corrected chi connectivity index (χ0v) is 18.2. The van der Waals surface area contributed by atoms with E-state index in [0.29, 0.717) is 0 Å². The monoisotopic (exact) mass is 424 g/mol. The van der Waals surface area contributed by atoms with Crippen LogP contribution in [-0.2, 0) is 13.0 Å². The van der Waals surface area contributed by atoms with Gasteiger partial charge < -0.3 is 4.90 Å². The molecule has 32 heavy (non-hydrogen) atoms. The van der Waals surface area contributed by atoms with E-state index in [1.807, 2.05) is 10.7 Å². The Balaban J connectivity index is 1.37. The third kappa shape index (κ3) is 4.55. The van der Waals surface area contributed by atoms with Gasteiger partial charge in [0.1, 0.15) is 0 Å². The summed E-state index contributed by atoms with van der Waals surface area (Å²) in [6, 6.07) is 31.8. The zero-order valence-electron chi connectivity index (χ0n) is 18.2. The number of piperazine rings is 1. The molecule has 1 atom stereocenters. The Morgan fingerprint density at radius 3 is 2.03 bits per heavy atom. The van der Waals surface area contributed by atoms with Crippen LogP contribution in [0.4, 0.5) is 5.69 Å². The highest BCUT2D eigenvalue weighted by molar-refractivity contribution is 5.46. The van der Waals surface area contributed by atoms with E-state index in [1.165, 1.54) is 16.8 Å². The molecule has 6 heteroatoms. The average Bonchev–Trinajstić information content (AvgIpc) is 3.33. The summed E-state index contributed by atoms with van der Waals surface area (Å²) in [6.45, 7) is 4.65. The predicted octanol–water partition coefficient (Wildman–Crippen LogP) is 3.83. The van der Waals surface area contributed by atoms with Gasteiger partial charge in [-0.2, -0.15) is 0 Å². The Bertz CT molecular complexity index is 1090. The minimum atomic E-state index is 0.0416. The van der Waals surface area contributed by atoms with Crippen molar-refractivity contribution in [3.63, 3.8) is 0 Å². The molecular formula is C26H28N6. The van der Waals surface area contributed by atoms with Gasteiger partial charge in [-0.1, -0.05) is 78.9 Å². The van der Waals surface area contributed by atoms with Crippen LogP contribution >= 0.6 is 0 Å². The first-order valence-electron chi connectivity index (χ1n) is 11.3. The lowest BCUT2D eigenvalue weighted by Gasteiger charge is -2.39. The molecule has 0 N–H and O–H groups in total. The third-order valence-electron chi connectivity index (χ3n) is 6.18. The molecule has 2 heterocycles. The average molecular weight is 425 g/mol. The van der Waals surface area contributed by atoms with Crippen LogP contribution in [0.15, 0.2) is 91.0 Å². The van der Waals surface area contributed by atoms with Crippen LogP contribution in [-0.4, -0.2) is 51.3 Å². The lowest BCUT2D eigenvalue weighted by molar-refractivity contribution is 0.200. The van der Waals surface area contributed by atoms with Gasteiger partial charge in [-0.25, -0.2) is 4.68 Å². The fourth-order valence-electron chi connectivity index (χ4n) is 4.48. The summed E-state index contributed by atoms with van der Waals surface area (Å²) in [4.78, 5) is 4.97. The van der Waals surface area contributed by atoms with Crippen molar-refractivity contribution in [3.8, 4) is 0 Å². The van der Waals surface area contributed by atoms with Crippen LogP contribution < -0.4 is 4.90 Å². The summed E-state index contributed by atoms with van der Waals surface area (Å²) in [6.07, 6.45) is 0.905. The second kappa shape index (κ2) is 9.75. The third-order valence-corrected chi connectivity index (χ3v) is 6.18. The summed E-state index contributed by atoms with van der Waals surface area (Å²) in [5.74, 6) is 0.917. The first-order valence-corrected chi connectivity index (χ1v) is 11.3. The van der Waals surface area contributed by atoms with Crippen LogP contribution in [0, 0.1) is 0 Å². The van der Waals surface area contributed by atoms with Crippen molar-refractivity contribution in [1.82, 2.24) is 25.1 Å². The molecular weight excluding hydrogens is 396 g/mol. The van der Waals surface area contributed by atoms with Crippen molar-refractivity contribution in [2.75, 3.05) is 31.1 Å². The lowest BCUT2D eigenvalue weighted by Crippen LogP contribution is -2.48. The Kier molecular flexibility index (Phi) is 6.21. The molecule has 0 bridgehead atoms.